The van der Waals surface area contributed by atoms with E-state index in [1.807, 2.05) is 12.1 Å². The van der Waals surface area contributed by atoms with E-state index in [4.69, 9.17) is 5.21 Å². The van der Waals surface area contributed by atoms with Crippen LogP contribution in [0.5, 0.6) is 0 Å². The summed E-state index contributed by atoms with van der Waals surface area (Å²) >= 11 is 0. The zero-order valence-corrected chi connectivity index (χ0v) is 8.66. The Hall–Kier alpha value is -1.35. The number of hydrogen-bond donors (Lipinski definition) is 2. The molecule has 0 saturated heterocycles. The van der Waals surface area contributed by atoms with Gasteiger partial charge in [-0.15, -0.1) is 0 Å². The van der Waals surface area contributed by atoms with E-state index in [1.165, 1.54) is 0 Å². The lowest BCUT2D eigenvalue weighted by molar-refractivity contribution is 0.0706. The average Bonchev–Trinajstić information content (AvgIpc) is 2.15. The lowest BCUT2D eigenvalue weighted by Gasteiger charge is -2.19. The van der Waals surface area contributed by atoms with Crippen LogP contribution in [-0.2, 0) is 5.41 Å². The molecule has 3 heteroatoms. The standard InChI is InChI=1S/C11H15NO2/c1-11(2,3)9-6-4-5-8(7-9)10(13)12-14/h4-7,14H,1-3H3,(H,12,13). The van der Waals surface area contributed by atoms with Crippen LogP contribution in [0.15, 0.2) is 24.3 Å². The third kappa shape index (κ3) is 2.33. The fraction of sp³-hybridized carbons (Fsp3) is 0.364. The molecule has 1 amide bonds. The third-order valence-corrected chi connectivity index (χ3v) is 2.09. The summed E-state index contributed by atoms with van der Waals surface area (Å²) < 4.78 is 0. The Kier molecular flexibility index (Phi) is 2.91. The maximum absolute atomic E-state index is 11.1. The molecule has 0 aliphatic carbocycles. The highest BCUT2D eigenvalue weighted by Gasteiger charge is 2.15. The predicted molar refractivity (Wildman–Crippen MR) is 54.4 cm³/mol. The highest BCUT2D eigenvalue weighted by molar-refractivity contribution is 5.93. The number of hydroxylamine groups is 1. The molecule has 3 nitrogen and oxygen atoms in total. The van der Waals surface area contributed by atoms with Crippen LogP contribution in [-0.4, -0.2) is 11.1 Å². The Morgan fingerprint density at radius 2 is 2.00 bits per heavy atom. The molecular formula is C11H15NO2. The normalized spacial score (nSPS) is 11.1. The molecule has 0 atom stereocenters. The molecular weight excluding hydrogens is 178 g/mol. The van der Waals surface area contributed by atoms with Crippen molar-refractivity contribution in [2.24, 2.45) is 0 Å². The van der Waals surface area contributed by atoms with E-state index in [0.717, 1.165) is 5.56 Å². The Bertz CT molecular complexity index is 339. The van der Waals surface area contributed by atoms with Gasteiger partial charge in [-0.05, 0) is 23.1 Å². The Morgan fingerprint density at radius 1 is 1.36 bits per heavy atom. The van der Waals surface area contributed by atoms with Crippen molar-refractivity contribution in [1.82, 2.24) is 5.48 Å². The summed E-state index contributed by atoms with van der Waals surface area (Å²) in [6.07, 6.45) is 0. The van der Waals surface area contributed by atoms with E-state index in [-0.39, 0.29) is 5.41 Å². The first-order valence-electron chi connectivity index (χ1n) is 4.50. The van der Waals surface area contributed by atoms with E-state index in [1.54, 1.807) is 17.6 Å². The van der Waals surface area contributed by atoms with Crippen LogP contribution in [0, 0.1) is 0 Å². The number of amides is 1. The van der Waals surface area contributed by atoms with Gasteiger partial charge in [0.2, 0.25) is 0 Å². The summed E-state index contributed by atoms with van der Waals surface area (Å²) in [5.41, 5.74) is 3.17. The van der Waals surface area contributed by atoms with Gasteiger partial charge in [0.1, 0.15) is 0 Å². The van der Waals surface area contributed by atoms with E-state index < -0.39 is 5.91 Å². The molecule has 0 aromatic heterocycles. The highest BCUT2D eigenvalue weighted by atomic mass is 16.5. The quantitative estimate of drug-likeness (QED) is 0.530. The van der Waals surface area contributed by atoms with Gasteiger partial charge in [0.15, 0.2) is 0 Å². The number of carbonyl (C=O) groups excluding carboxylic acids is 1. The molecule has 0 unspecified atom stereocenters. The second-order valence-electron chi connectivity index (χ2n) is 4.27. The van der Waals surface area contributed by atoms with Gasteiger partial charge in [-0.3, -0.25) is 10.0 Å². The molecule has 1 aromatic rings. The average molecular weight is 193 g/mol. The van der Waals surface area contributed by atoms with Crippen LogP contribution < -0.4 is 5.48 Å². The third-order valence-electron chi connectivity index (χ3n) is 2.09. The molecule has 0 aliphatic rings. The minimum atomic E-state index is -0.476. The number of hydrogen-bond acceptors (Lipinski definition) is 2. The number of rotatable bonds is 1. The second kappa shape index (κ2) is 3.80. The van der Waals surface area contributed by atoms with Crippen molar-refractivity contribution >= 4 is 5.91 Å². The largest absolute Gasteiger partial charge is 0.288 e. The van der Waals surface area contributed by atoms with Gasteiger partial charge in [0.25, 0.3) is 5.91 Å². The number of carbonyl (C=O) groups is 1. The van der Waals surface area contributed by atoms with Gasteiger partial charge in [-0.2, -0.15) is 0 Å². The second-order valence-corrected chi connectivity index (χ2v) is 4.27. The molecule has 1 aromatic carbocycles. The van der Waals surface area contributed by atoms with Gasteiger partial charge >= 0.3 is 0 Å². The molecule has 0 bridgehead atoms. The first-order valence-corrected chi connectivity index (χ1v) is 4.50. The Morgan fingerprint density at radius 3 is 2.50 bits per heavy atom. The van der Waals surface area contributed by atoms with Crippen LogP contribution in [0.3, 0.4) is 0 Å². The van der Waals surface area contributed by atoms with E-state index in [9.17, 15) is 4.79 Å². The van der Waals surface area contributed by atoms with Gasteiger partial charge in [0.05, 0.1) is 0 Å². The molecule has 14 heavy (non-hydrogen) atoms. The molecule has 0 aliphatic heterocycles. The maximum Gasteiger partial charge on any atom is 0.274 e. The van der Waals surface area contributed by atoms with Crippen molar-refractivity contribution in [3.8, 4) is 0 Å². The van der Waals surface area contributed by atoms with Crippen molar-refractivity contribution in [2.45, 2.75) is 26.2 Å². The molecule has 2 N–H and O–H groups in total. The van der Waals surface area contributed by atoms with Crippen molar-refractivity contribution < 1.29 is 10.0 Å². The summed E-state index contributed by atoms with van der Waals surface area (Å²) in [5.74, 6) is -0.476. The topological polar surface area (TPSA) is 49.3 Å². The van der Waals surface area contributed by atoms with Gasteiger partial charge in [-0.1, -0.05) is 32.9 Å². The summed E-state index contributed by atoms with van der Waals surface area (Å²) in [7, 11) is 0. The number of nitrogens with one attached hydrogen (secondary N) is 1. The molecule has 0 radical (unpaired) electrons. The summed E-state index contributed by atoms with van der Waals surface area (Å²) in [5, 5.41) is 8.48. The fourth-order valence-electron chi connectivity index (χ4n) is 1.19. The molecule has 0 spiro atoms. The van der Waals surface area contributed by atoms with E-state index in [0.29, 0.717) is 5.56 Å². The fourth-order valence-corrected chi connectivity index (χ4v) is 1.19. The molecule has 76 valence electrons. The van der Waals surface area contributed by atoms with E-state index in [2.05, 4.69) is 20.8 Å². The summed E-state index contributed by atoms with van der Waals surface area (Å²) in [4.78, 5) is 11.1. The number of benzene rings is 1. The minimum Gasteiger partial charge on any atom is -0.288 e. The van der Waals surface area contributed by atoms with E-state index >= 15 is 0 Å². The summed E-state index contributed by atoms with van der Waals surface area (Å²) in [6, 6.07) is 7.23. The van der Waals surface area contributed by atoms with Crippen LogP contribution in [0.4, 0.5) is 0 Å². The monoisotopic (exact) mass is 193 g/mol. The Labute approximate surface area is 83.7 Å². The SMILES string of the molecule is CC(C)(C)c1cccc(C(=O)NO)c1. The predicted octanol–water partition coefficient (Wildman–Crippen LogP) is 2.10. The first-order chi connectivity index (χ1) is 6.45. The minimum absolute atomic E-state index is 0.00570. The van der Waals surface area contributed by atoms with Gasteiger partial charge < -0.3 is 0 Å². The zero-order chi connectivity index (χ0) is 10.8. The molecule has 0 saturated carbocycles. The van der Waals surface area contributed by atoms with Crippen molar-refractivity contribution in [1.29, 1.82) is 0 Å². The molecule has 0 heterocycles. The lowest BCUT2D eigenvalue weighted by Crippen LogP contribution is -2.20. The highest BCUT2D eigenvalue weighted by Crippen LogP contribution is 2.22. The van der Waals surface area contributed by atoms with Crippen molar-refractivity contribution in [3.05, 3.63) is 35.4 Å². The van der Waals surface area contributed by atoms with Crippen molar-refractivity contribution in [2.75, 3.05) is 0 Å². The van der Waals surface area contributed by atoms with Gasteiger partial charge in [-0.25, -0.2) is 5.48 Å². The van der Waals surface area contributed by atoms with Crippen LogP contribution in [0.25, 0.3) is 0 Å². The zero-order valence-electron chi connectivity index (χ0n) is 8.66. The van der Waals surface area contributed by atoms with Gasteiger partial charge in [0, 0.05) is 5.56 Å². The van der Waals surface area contributed by atoms with Crippen LogP contribution >= 0.6 is 0 Å². The summed E-state index contributed by atoms with van der Waals surface area (Å²) in [6.45, 7) is 6.22. The first kappa shape index (κ1) is 10.7. The maximum atomic E-state index is 11.1. The Balaban J connectivity index is 3.08. The molecule has 1 rings (SSSR count). The molecule has 0 fully saturated rings. The van der Waals surface area contributed by atoms with Crippen molar-refractivity contribution in [3.63, 3.8) is 0 Å². The smallest absolute Gasteiger partial charge is 0.274 e. The lowest BCUT2D eigenvalue weighted by atomic mass is 9.86. The van der Waals surface area contributed by atoms with Crippen LogP contribution in [0.2, 0.25) is 0 Å². The van der Waals surface area contributed by atoms with Crippen LogP contribution in [0.1, 0.15) is 36.7 Å².